The largest absolute Gasteiger partial charge is 0.454 e. The quantitative estimate of drug-likeness (QED) is 0.619. The number of benzene rings is 2. The van der Waals surface area contributed by atoms with Gasteiger partial charge in [-0.15, -0.1) is 0 Å². The Morgan fingerprint density at radius 1 is 1.00 bits per heavy atom. The number of amides is 2. The lowest BCUT2D eigenvalue weighted by Crippen LogP contribution is -2.44. The van der Waals surface area contributed by atoms with E-state index in [0.717, 1.165) is 15.6 Å². The molecule has 142 valence electrons. The molecule has 2 aromatic carbocycles. The molecule has 1 atom stereocenters. The molecule has 2 amide bonds. The van der Waals surface area contributed by atoms with Crippen LogP contribution in [-0.4, -0.2) is 30.6 Å². The zero-order chi connectivity index (χ0) is 19.6. The number of primary amides is 1. The zero-order valence-electron chi connectivity index (χ0n) is 14.4. The van der Waals surface area contributed by atoms with Gasteiger partial charge in [0.2, 0.25) is 0 Å². The van der Waals surface area contributed by atoms with Crippen molar-refractivity contribution in [2.75, 3.05) is 6.61 Å². The lowest BCUT2D eigenvalue weighted by atomic mass is 10.1. The predicted octanol–water partition coefficient (Wildman–Crippen LogP) is 2.32. The van der Waals surface area contributed by atoms with E-state index in [0.29, 0.717) is 0 Å². The van der Waals surface area contributed by atoms with Gasteiger partial charge in [0.25, 0.3) is 5.91 Å². The van der Waals surface area contributed by atoms with Gasteiger partial charge in [-0.25, -0.2) is 9.59 Å². The van der Waals surface area contributed by atoms with Crippen LogP contribution in [0.25, 0.3) is 0 Å². The number of rotatable bonds is 8. The van der Waals surface area contributed by atoms with Crippen LogP contribution >= 0.6 is 15.9 Å². The lowest BCUT2D eigenvalue weighted by molar-refractivity contribution is -0.149. The Labute approximate surface area is 165 Å². The molecule has 27 heavy (non-hydrogen) atoms. The van der Waals surface area contributed by atoms with Crippen LogP contribution < -0.4 is 11.1 Å². The summed E-state index contributed by atoms with van der Waals surface area (Å²) in [6, 6.07) is 15.3. The van der Waals surface area contributed by atoms with Crippen molar-refractivity contribution in [3.8, 4) is 0 Å². The summed E-state index contributed by atoms with van der Waals surface area (Å²) in [6.45, 7) is -0.503. The van der Waals surface area contributed by atoms with Gasteiger partial charge < -0.3 is 20.5 Å². The van der Waals surface area contributed by atoms with Crippen molar-refractivity contribution in [1.82, 2.24) is 5.32 Å². The Bertz CT molecular complexity index is 798. The highest BCUT2D eigenvalue weighted by molar-refractivity contribution is 9.10. The third-order valence-corrected chi connectivity index (χ3v) is 4.30. The Morgan fingerprint density at radius 3 is 2.33 bits per heavy atom. The second-order valence-corrected chi connectivity index (χ2v) is 6.48. The number of carbonyl (C=O) groups is 3. The van der Waals surface area contributed by atoms with Gasteiger partial charge >= 0.3 is 12.1 Å². The Morgan fingerprint density at radius 2 is 1.67 bits per heavy atom. The van der Waals surface area contributed by atoms with Crippen molar-refractivity contribution in [2.45, 2.75) is 19.1 Å². The first kappa shape index (κ1) is 20.4. The smallest absolute Gasteiger partial charge is 0.408 e. The maximum Gasteiger partial charge on any atom is 0.408 e. The molecule has 0 heterocycles. The van der Waals surface area contributed by atoms with Crippen LogP contribution in [0.3, 0.4) is 0 Å². The summed E-state index contributed by atoms with van der Waals surface area (Å²) in [5.41, 5.74) is 6.59. The van der Waals surface area contributed by atoms with Crippen LogP contribution in [0.4, 0.5) is 4.79 Å². The van der Waals surface area contributed by atoms with E-state index in [4.69, 9.17) is 15.2 Å². The van der Waals surface area contributed by atoms with E-state index in [9.17, 15) is 14.4 Å². The highest BCUT2D eigenvalue weighted by Crippen LogP contribution is 2.18. The van der Waals surface area contributed by atoms with Crippen molar-refractivity contribution >= 4 is 33.9 Å². The number of alkyl carbamates (subject to hydrolysis) is 1. The summed E-state index contributed by atoms with van der Waals surface area (Å²) in [6.07, 6.45) is -0.619. The maximum absolute atomic E-state index is 12.3. The second-order valence-electron chi connectivity index (χ2n) is 5.63. The lowest BCUT2D eigenvalue weighted by Gasteiger charge is -2.18. The fraction of sp³-hybridized carbons (Fsp3) is 0.211. The van der Waals surface area contributed by atoms with Gasteiger partial charge in [-0.05, 0) is 17.2 Å². The molecule has 0 bridgehead atoms. The molecule has 0 aromatic heterocycles. The minimum atomic E-state index is -1.04. The van der Waals surface area contributed by atoms with Crippen LogP contribution in [0.15, 0.2) is 59.1 Å². The first-order valence-corrected chi connectivity index (χ1v) is 8.90. The first-order chi connectivity index (χ1) is 13.0. The number of nitrogens with one attached hydrogen (secondary N) is 1. The molecule has 0 aliphatic rings. The molecule has 2 rings (SSSR count). The Balaban J connectivity index is 2.01. The number of esters is 1. The van der Waals surface area contributed by atoms with Crippen LogP contribution in [-0.2, 0) is 32.1 Å². The van der Waals surface area contributed by atoms with Crippen molar-refractivity contribution in [3.63, 3.8) is 0 Å². The van der Waals surface area contributed by atoms with Gasteiger partial charge in [0, 0.05) is 10.9 Å². The van der Waals surface area contributed by atoms with Gasteiger partial charge in [0.15, 0.2) is 6.61 Å². The van der Waals surface area contributed by atoms with Crippen molar-refractivity contribution in [1.29, 1.82) is 0 Å². The molecule has 0 aliphatic heterocycles. The molecule has 2 aromatic rings. The maximum atomic E-state index is 12.3. The average molecular weight is 435 g/mol. The molecular weight excluding hydrogens is 416 g/mol. The normalized spacial score (nSPS) is 11.3. The molecule has 0 fully saturated rings. The predicted molar refractivity (Wildman–Crippen MR) is 102 cm³/mol. The van der Waals surface area contributed by atoms with Gasteiger partial charge in [-0.2, -0.15) is 0 Å². The van der Waals surface area contributed by atoms with E-state index < -0.39 is 30.6 Å². The SMILES string of the molecule is NC(=O)COC(=O)[C@H](Cc1ccccc1Br)NC(=O)OCc1ccccc1. The molecule has 0 unspecified atom stereocenters. The molecule has 0 radical (unpaired) electrons. The minimum Gasteiger partial charge on any atom is -0.454 e. The van der Waals surface area contributed by atoms with E-state index in [1.165, 1.54) is 0 Å². The molecular formula is C19H19BrN2O5. The summed E-state index contributed by atoms with van der Waals surface area (Å²) in [5, 5.41) is 2.48. The van der Waals surface area contributed by atoms with E-state index in [-0.39, 0.29) is 13.0 Å². The van der Waals surface area contributed by atoms with E-state index in [1.807, 2.05) is 42.5 Å². The monoisotopic (exact) mass is 434 g/mol. The van der Waals surface area contributed by atoms with Gasteiger partial charge in [0.1, 0.15) is 12.6 Å². The van der Waals surface area contributed by atoms with Crippen LogP contribution in [0.1, 0.15) is 11.1 Å². The molecule has 0 saturated carbocycles. The summed E-state index contributed by atoms with van der Waals surface area (Å²) < 4.78 is 10.8. The van der Waals surface area contributed by atoms with Crippen LogP contribution in [0.2, 0.25) is 0 Å². The summed E-state index contributed by atoms with van der Waals surface area (Å²) >= 11 is 3.39. The van der Waals surface area contributed by atoms with E-state index >= 15 is 0 Å². The van der Waals surface area contributed by atoms with Crippen LogP contribution in [0.5, 0.6) is 0 Å². The number of ether oxygens (including phenoxy) is 2. The highest BCUT2D eigenvalue weighted by atomic mass is 79.9. The zero-order valence-corrected chi connectivity index (χ0v) is 16.0. The summed E-state index contributed by atoms with van der Waals surface area (Å²) in [5.74, 6) is -1.56. The van der Waals surface area contributed by atoms with Crippen molar-refractivity contribution < 1.29 is 23.9 Å². The molecule has 7 nitrogen and oxygen atoms in total. The van der Waals surface area contributed by atoms with Gasteiger partial charge in [0.05, 0.1) is 0 Å². The van der Waals surface area contributed by atoms with Gasteiger partial charge in [-0.3, -0.25) is 4.79 Å². The third-order valence-electron chi connectivity index (χ3n) is 3.53. The van der Waals surface area contributed by atoms with Crippen molar-refractivity contribution in [3.05, 3.63) is 70.2 Å². The fourth-order valence-electron chi connectivity index (χ4n) is 2.23. The van der Waals surface area contributed by atoms with E-state index in [2.05, 4.69) is 21.2 Å². The number of hydrogen-bond acceptors (Lipinski definition) is 5. The van der Waals surface area contributed by atoms with Crippen LogP contribution in [0, 0.1) is 0 Å². The van der Waals surface area contributed by atoms with E-state index in [1.54, 1.807) is 12.1 Å². The summed E-state index contributed by atoms with van der Waals surface area (Å²) in [7, 11) is 0. The fourth-order valence-corrected chi connectivity index (χ4v) is 2.67. The number of carbonyl (C=O) groups excluding carboxylic acids is 3. The Hall–Kier alpha value is -2.87. The van der Waals surface area contributed by atoms with Gasteiger partial charge in [-0.1, -0.05) is 64.5 Å². The topological polar surface area (TPSA) is 108 Å². The first-order valence-electron chi connectivity index (χ1n) is 8.11. The number of halogens is 1. The molecule has 0 aliphatic carbocycles. The molecule has 0 saturated heterocycles. The number of hydrogen-bond donors (Lipinski definition) is 2. The summed E-state index contributed by atoms with van der Waals surface area (Å²) in [4.78, 5) is 35.2. The average Bonchev–Trinajstić information content (AvgIpc) is 2.66. The Kier molecular flexibility index (Phi) is 7.81. The minimum absolute atomic E-state index is 0.0603. The standard InChI is InChI=1S/C19H19BrN2O5/c20-15-9-5-4-8-14(15)10-16(18(24)26-12-17(21)23)22-19(25)27-11-13-6-2-1-3-7-13/h1-9,16H,10-12H2,(H2,21,23)(H,22,25)/t16-/m0/s1. The van der Waals surface area contributed by atoms with Crippen molar-refractivity contribution in [2.24, 2.45) is 5.73 Å². The third kappa shape index (κ3) is 7.10. The molecule has 8 heteroatoms. The molecule has 3 N–H and O–H groups in total. The molecule has 0 spiro atoms. The highest BCUT2D eigenvalue weighted by Gasteiger charge is 2.24. The second kappa shape index (κ2) is 10.3. The number of nitrogens with two attached hydrogens (primary N) is 1.